The third kappa shape index (κ3) is 3.74. The Morgan fingerprint density at radius 2 is 1.68 bits per heavy atom. The molecule has 0 saturated heterocycles. The van der Waals surface area contributed by atoms with Crippen molar-refractivity contribution in [1.29, 1.82) is 0 Å². The fourth-order valence-electron chi connectivity index (χ4n) is 3.53. The van der Waals surface area contributed by atoms with Gasteiger partial charge in [-0.25, -0.2) is 19.3 Å². The molecule has 1 amide bonds. The highest BCUT2D eigenvalue weighted by molar-refractivity contribution is 6.02. The summed E-state index contributed by atoms with van der Waals surface area (Å²) in [5.41, 5.74) is 9.40. The summed E-state index contributed by atoms with van der Waals surface area (Å²) in [4.78, 5) is 36.6. The summed E-state index contributed by atoms with van der Waals surface area (Å²) in [6.07, 6.45) is 0.911. The number of aryl methyl sites for hydroxylation is 1. The van der Waals surface area contributed by atoms with Crippen molar-refractivity contribution in [3.05, 3.63) is 75.8 Å². The zero-order chi connectivity index (χ0) is 22.3. The van der Waals surface area contributed by atoms with E-state index in [1.54, 1.807) is 0 Å². The normalized spacial score (nSPS) is 11.7. The second-order valence-electron chi connectivity index (χ2n) is 8.57. The number of primary amides is 1. The lowest BCUT2D eigenvalue weighted by Gasteiger charge is -2.19. The van der Waals surface area contributed by atoms with Gasteiger partial charge in [-0.15, -0.1) is 0 Å². The number of hydrogen-bond donors (Lipinski definition) is 2. The number of aromatic amines is 1. The summed E-state index contributed by atoms with van der Waals surface area (Å²) in [7, 11) is 0. The molecule has 0 aliphatic carbocycles. The Bertz CT molecular complexity index is 1320. The van der Waals surface area contributed by atoms with E-state index in [0.717, 1.165) is 17.5 Å². The first-order valence-electron chi connectivity index (χ1n) is 10.2. The number of fused-ring (bicyclic) bond motifs is 1. The third-order valence-corrected chi connectivity index (χ3v) is 5.38. The van der Waals surface area contributed by atoms with Crippen molar-refractivity contribution >= 4 is 17.1 Å². The van der Waals surface area contributed by atoms with Gasteiger partial charge in [0.15, 0.2) is 17.2 Å². The van der Waals surface area contributed by atoms with Crippen LogP contribution < -0.4 is 11.4 Å². The van der Waals surface area contributed by atoms with Crippen molar-refractivity contribution in [2.24, 2.45) is 5.73 Å². The lowest BCUT2D eigenvalue weighted by atomic mass is 9.87. The summed E-state index contributed by atoms with van der Waals surface area (Å²) < 4.78 is 1.44. The van der Waals surface area contributed by atoms with Gasteiger partial charge in [0, 0.05) is 5.56 Å². The lowest BCUT2D eigenvalue weighted by molar-refractivity contribution is 0.0997. The molecule has 4 aromatic rings. The summed E-state index contributed by atoms with van der Waals surface area (Å²) in [6, 6.07) is 15.5. The molecule has 0 radical (unpaired) electrons. The summed E-state index contributed by atoms with van der Waals surface area (Å²) in [5, 5.41) is 0. The van der Waals surface area contributed by atoms with Gasteiger partial charge in [-0.05, 0) is 35.1 Å². The van der Waals surface area contributed by atoms with Crippen molar-refractivity contribution in [1.82, 2.24) is 19.5 Å². The van der Waals surface area contributed by atoms with Gasteiger partial charge in [-0.2, -0.15) is 0 Å². The Kier molecular flexibility index (Phi) is 4.97. The fraction of sp³-hybridized carbons (Fsp3) is 0.250. The van der Waals surface area contributed by atoms with E-state index in [2.05, 4.69) is 42.6 Å². The van der Waals surface area contributed by atoms with Gasteiger partial charge in [0.2, 0.25) is 0 Å². The molecule has 0 fully saturated rings. The van der Waals surface area contributed by atoms with Crippen LogP contribution in [0.3, 0.4) is 0 Å². The maximum atomic E-state index is 12.8. The quantitative estimate of drug-likeness (QED) is 0.529. The Hall–Kier alpha value is -3.74. The molecule has 0 atom stereocenters. The van der Waals surface area contributed by atoms with Crippen LogP contribution in [-0.4, -0.2) is 25.4 Å². The van der Waals surface area contributed by atoms with Crippen molar-refractivity contribution in [3.8, 4) is 17.1 Å². The van der Waals surface area contributed by atoms with Crippen molar-refractivity contribution in [2.45, 2.75) is 39.5 Å². The summed E-state index contributed by atoms with van der Waals surface area (Å²) in [6.45, 7) is 8.46. The molecule has 0 spiro atoms. The standard InChI is InChI=1S/C24H25N5O2/c1-5-14-6-8-15(9-7-14)21-26-18(20(25)30)19-22(28-21)29(23(31)27-19)17-12-10-16(11-13-17)24(2,3)4/h6-13H,5H2,1-4H3,(H2,25,30)(H,27,31). The summed E-state index contributed by atoms with van der Waals surface area (Å²) >= 11 is 0. The van der Waals surface area contributed by atoms with Crippen LogP contribution in [0.25, 0.3) is 28.2 Å². The van der Waals surface area contributed by atoms with Crippen molar-refractivity contribution in [2.75, 3.05) is 0 Å². The fourth-order valence-corrected chi connectivity index (χ4v) is 3.53. The lowest BCUT2D eigenvalue weighted by Crippen LogP contribution is -2.16. The number of benzene rings is 2. The monoisotopic (exact) mass is 415 g/mol. The zero-order valence-corrected chi connectivity index (χ0v) is 18.1. The summed E-state index contributed by atoms with van der Waals surface area (Å²) in [5.74, 6) is -0.390. The first-order chi connectivity index (χ1) is 14.7. The average molecular weight is 415 g/mol. The molecular formula is C24H25N5O2. The highest BCUT2D eigenvalue weighted by Crippen LogP contribution is 2.25. The number of amides is 1. The molecule has 2 heterocycles. The second-order valence-corrected chi connectivity index (χ2v) is 8.57. The van der Waals surface area contributed by atoms with Crippen molar-refractivity contribution < 1.29 is 4.79 Å². The van der Waals surface area contributed by atoms with E-state index < -0.39 is 11.6 Å². The Morgan fingerprint density at radius 3 is 2.23 bits per heavy atom. The molecule has 4 rings (SSSR count). The molecule has 0 aliphatic heterocycles. The highest BCUT2D eigenvalue weighted by Gasteiger charge is 2.21. The number of carbonyl (C=O) groups is 1. The molecule has 2 aromatic heterocycles. The smallest absolute Gasteiger partial charge is 0.332 e. The predicted molar refractivity (Wildman–Crippen MR) is 122 cm³/mol. The number of H-pyrrole nitrogens is 1. The minimum atomic E-state index is -0.727. The van der Waals surface area contributed by atoms with E-state index in [-0.39, 0.29) is 16.6 Å². The Labute approximate surface area is 180 Å². The number of nitrogens with one attached hydrogen (secondary N) is 1. The third-order valence-electron chi connectivity index (χ3n) is 5.38. The number of nitrogens with two attached hydrogens (primary N) is 1. The molecule has 7 heteroatoms. The van der Waals surface area contributed by atoms with Crippen LogP contribution in [0.1, 0.15) is 49.3 Å². The van der Waals surface area contributed by atoms with E-state index in [1.807, 2.05) is 48.5 Å². The molecule has 3 N–H and O–H groups in total. The molecule has 2 aromatic carbocycles. The number of rotatable bonds is 4. The van der Waals surface area contributed by atoms with Gasteiger partial charge in [0.05, 0.1) is 5.69 Å². The molecule has 158 valence electrons. The van der Waals surface area contributed by atoms with Crippen LogP contribution in [0.2, 0.25) is 0 Å². The largest absolute Gasteiger partial charge is 0.364 e. The van der Waals surface area contributed by atoms with E-state index in [1.165, 1.54) is 10.1 Å². The maximum Gasteiger partial charge on any atom is 0.332 e. The van der Waals surface area contributed by atoms with Gasteiger partial charge in [-0.1, -0.05) is 64.1 Å². The van der Waals surface area contributed by atoms with Crippen LogP contribution >= 0.6 is 0 Å². The van der Waals surface area contributed by atoms with Crippen LogP contribution in [0, 0.1) is 0 Å². The number of nitrogens with zero attached hydrogens (tertiary/aromatic N) is 3. The number of carbonyl (C=O) groups excluding carboxylic acids is 1. The first kappa shape index (κ1) is 20.5. The number of imidazole rings is 1. The van der Waals surface area contributed by atoms with Gasteiger partial charge in [0.1, 0.15) is 5.52 Å². The molecular weight excluding hydrogens is 390 g/mol. The van der Waals surface area contributed by atoms with E-state index in [9.17, 15) is 9.59 Å². The predicted octanol–water partition coefficient (Wildman–Crippen LogP) is 3.73. The number of aromatic nitrogens is 4. The van der Waals surface area contributed by atoms with Crippen LogP contribution in [-0.2, 0) is 11.8 Å². The van der Waals surface area contributed by atoms with E-state index in [4.69, 9.17) is 5.73 Å². The molecule has 0 saturated carbocycles. The molecule has 0 unspecified atom stereocenters. The first-order valence-corrected chi connectivity index (χ1v) is 10.2. The topological polar surface area (TPSA) is 107 Å². The molecule has 0 aliphatic rings. The van der Waals surface area contributed by atoms with Gasteiger partial charge >= 0.3 is 5.69 Å². The Morgan fingerprint density at radius 1 is 1.03 bits per heavy atom. The zero-order valence-electron chi connectivity index (χ0n) is 18.1. The van der Waals surface area contributed by atoms with Gasteiger partial charge in [-0.3, -0.25) is 4.79 Å². The van der Waals surface area contributed by atoms with E-state index in [0.29, 0.717) is 17.2 Å². The van der Waals surface area contributed by atoms with E-state index >= 15 is 0 Å². The molecule has 7 nitrogen and oxygen atoms in total. The van der Waals surface area contributed by atoms with Crippen LogP contribution in [0.4, 0.5) is 0 Å². The average Bonchev–Trinajstić information content (AvgIpc) is 3.08. The minimum absolute atomic E-state index is 0.0111. The molecule has 31 heavy (non-hydrogen) atoms. The Balaban J connectivity index is 1.94. The SMILES string of the molecule is CCc1ccc(-c2nc(C(N)=O)c3[nH]c(=O)n(-c4ccc(C(C)(C)C)cc4)c3n2)cc1. The van der Waals surface area contributed by atoms with Gasteiger partial charge in [0.25, 0.3) is 5.91 Å². The van der Waals surface area contributed by atoms with Crippen LogP contribution in [0.5, 0.6) is 0 Å². The number of hydrogen-bond acceptors (Lipinski definition) is 4. The highest BCUT2D eigenvalue weighted by atomic mass is 16.2. The van der Waals surface area contributed by atoms with Crippen molar-refractivity contribution in [3.63, 3.8) is 0 Å². The second kappa shape index (κ2) is 7.50. The minimum Gasteiger partial charge on any atom is -0.364 e. The molecule has 0 bridgehead atoms. The van der Waals surface area contributed by atoms with Gasteiger partial charge < -0.3 is 10.7 Å². The maximum absolute atomic E-state index is 12.8. The van der Waals surface area contributed by atoms with Crippen LogP contribution in [0.15, 0.2) is 53.3 Å².